The molecule has 46 heavy (non-hydrogen) atoms. The van der Waals surface area contributed by atoms with E-state index in [1.807, 2.05) is 0 Å². The lowest BCUT2D eigenvalue weighted by atomic mass is 9.88. The Kier molecular flexibility index (Phi) is 5.95. The average molecular weight is 591 g/mol. The van der Waals surface area contributed by atoms with Gasteiger partial charge in [-0.15, -0.1) is 0 Å². The Labute approximate surface area is 269 Å². The van der Waals surface area contributed by atoms with Crippen LogP contribution >= 0.6 is 0 Å². The SMILES string of the molecule is Cc1c(-c2ccccc2)cc(-c2ccc(-n3c4ccccc4c4ccc5c6ccccc6n(C6=CC=CC6)c5c43)cc2)c(C)c1C. The lowest BCUT2D eigenvalue weighted by molar-refractivity contribution is 1.14. The molecule has 2 nitrogen and oxygen atoms in total. The number of hydrogen-bond donors (Lipinski definition) is 0. The third-order valence-corrected chi connectivity index (χ3v) is 10.3. The maximum Gasteiger partial charge on any atom is 0.0788 e. The summed E-state index contributed by atoms with van der Waals surface area (Å²) >= 11 is 0. The van der Waals surface area contributed by atoms with Crippen LogP contribution in [0, 0.1) is 20.8 Å². The van der Waals surface area contributed by atoms with E-state index in [9.17, 15) is 0 Å². The number of allylic oxidation sites excluding steroid dienone is 4. The maximum absolute atomic E-state index is 2.50. The van der Waals surface area contributed by atoms with Gasteiger partial charge in [0.05, 0.1) is 22.1 Å². The molecule has 9 rings (SSSR count). The predicted octanol–water partition coefficient (Wildman–Crippen LogP) is 12.0. The molecule has 0 spiro atoms. The fourth-order valence-corrected chi connectivity index (χ4v) is 7.72. The highest BCUT2D eigenvalue weighted by Gasteiger charge is 2.22. The first kappa shape index (κ1) is 26.8. The highest BCUT2D eigenvalue weighted by molar-refractivity contribution is 6.24. The number of nitrogens with zero attached hydrogens (tertiary/aromatic N) is 2. The van der Waals surface area contributed by atoms with Crippen LogP contribution in [0.5, 0.6) is 0 Å². The molecule has 0 saturated carbocycles. The summed E-state index contributed by atoms with van der Waals surface area (Å²) in [6.45, 7) is 6.76. The first-order valence-electron chi connectivity index (χ1n) is 16.2. The number of fused-ring (bicyclic) bond motifs is 7. The molecule has 1 aliphatic rings. The van der Waals surface area contributed by atoms with Crippen molar-refractivity contribution in [1.29, 1.82) is 0 Å². The van der Waals surface area contributed by atoms with Gasteiger partial charge in [-0.05, 0) is 96.1 Å². The summed E-state index contributed by atoms with van der Waals surface area (Å²) in [6, 6.07) is 44.7. The summed E-state index contributed by atoms with van der Waals surface area (Å²) in [5, 5.41) is 5.13. The summed E-state index contributed by atoms with van der Waals surface area (Å²) in [5.41, 5.74) is 16.6. The van der Waals surface area contributed by atoms with Crippen LogP contribution in [0.1, 0.15) is 23.1 Å². The zero-order valence-electron chi connectivity index (χ0n) is 26.4. The zero-order valence-corrected chi connectivity index (χ0v) is 26.4. The molecule has 0 fully saturated rings. The second kappa shape index (κ2) is 10.2. The Balaban J connectivity index is 1.30. The van der Waals surface area contributed by atoms with Crippen molar-refractivity contribution in [2.45, 2.75) is 27.2 Å². The molecule has 0 N–H and O–H groups in total. The maximum atomic E-state index is 2.50. The van der Waals surface area contributed by atoms with Crippen molar-refractivity contribution in [3.8, 4) is 27.9 Å². The van der Waals surface area contributed by atoms with E-state index in [0.29, 0.717) is 0 Å². The minimum atomic E-state index is 0.930. The first-order valence-corrected chi connectivity index (χ1v) is 16.2. The molecule has 2 heterocycles. The highest BCUT2D eigenvalue weighted by atomic mass is 15.0. The number of aromatic nitrogens is 2. The first-order chi connectivity index (χ1) is 22.6. The van der Waals surface area contributed by atoms with Crippen LogP contribution in [0.3, 0.4) is 0 Å². The average Bonchev–Trinajstić information content (AvgIpc) is 3.83. The van der Waals surface area contributed by atoms with Gasteiger partial charge in [-0.25, -0.2) is 0 Å². The molecule has 0 radical (unpaired) electrons. The van der Waals surface area contributed by atoms with Gasteiger partial charge in [-0.3, -0.25) is 0 Å². The molecule has 0 saturated heterocycles. The third kappa shape index (κ3) is 3.83. The quantitative estimate of drug-likeness (QED) is 0.193. The molecule has 6 aromatic carbocycles. The molecule has 2 aromatic heterocycles. The van der Waals surface area contributed by atoms with E-state index >= 15 is 0 Å². The van der Waals surface area contributed by atoms with Gasteiger partial charge in [-0.1, -0.05) is 103 Å². The van der Waals surface area contributed by atoms with Gasteiger partial charge in [0, 0.05) is 39.4 Å². The molecular formula is C44H34N2. The Bertz CT molecular complexity index is 2550. The Morgan fingerprint density at radius 1 is 0.478 bits per heavy atom. The molecule has 220 valence electrons. The van der Waals surface area contributed by atoms with Crippen LogP contribution in [0.2, 0.25) is 0 Å². The number of benzene rings is 6. The zero-order chi connectivity index (χ0) is 30.9. The molecule has 0 unspecified atom stereocenters. The van der Waals surface area contributed by atoms with Crippen molar-refractivity contribution in [3.63, 3.8) is 0 Å². The summed E-state index contributed by atoms with van der Waals surface area (Å²) in [7, 11) is 0. The summed E-state index contributed by atoms with van der Waals surface area (Å²) in [4.78, 5) is 0. The van der Waals surface area contributed by atoms with Crippen molar-refractivity contribution in [2.24, 2.45) is 0 Å². The Hall–Kier alpha value is -5.60. The third-order valence-electron chi connectivity index (χ3n) is 10.3. The number of hydrogen-bond acceptors (Lipinski definition) is 0. The van der Waals surface area contributed by atoms with Crippen molar-refractivity contribution in [3.05, 3.63) is 156 Å². The van der Waals surface area contributed by atoms with Gasteiger partial charge < -0.3 is 9.13 Å². The second-order valence-electron chi connectivity index (χ2n) is 12.6. The molecule has 0 aliphatic heterocycles. The summed E-state index contributed by atoms with van der Waals surface area (Å²) in [5.74, 6) is 0. The monoisotopic (exact) mass is 590 g/mol. The normalized spacial score (nSPS) is 13.1. The van der Waals surface area contributed by atoms with E-state index < -0.39 is 0 Å². The van der Waals surface area contributed by atoms with E-state index in [-0.39, 0.29) is 0 Å². The van der Waals surface area contributed by atoms with Gasteiger partial charge in [0.25, 0.3) is 0 Å². The number of rotatable bonds is 4. The largest absolute Gasteiger partial charge is 0.311 e. The van der Waals surface area contributed by atoms with Crippen LogP contribution in [-0.2, 0) is 0 Å². The molecular weight excluding hydrogens is 556 g/mol. The summed E-state index contributed by atoms with van der Waals surface area (Å²) < 4.78 is 4.98. The predicted molar refractivity (Wildman–Crippen MR) is 197 cm³/mol. The molecule has 1 aliphatic carbocycles. The lowest BCUT2D eigenvalue weighted by Crippen LogP contribution is -1.99. The fourth-order valence-electron chi connectivity index (χ4n) is 7.72. The number of para-hydroxylation sites is 2. The van der Waals surface area contributed by atoms with E-state index in [4.69, 9.17) is 0 Å². The van der Waals surface area contributed by atoms with E-state index in [1.54, 1.807) is 0 Å². The van der Waals surface area contributed by atoms with Gasteiger partial charge in [0.2, 0.25) is 0 Å². The summed E-state index contributed by atoms with van der Waals surface area (Å²) in [6.07, 6.45) is 7.63. The second-order valence-corrected chi connectivity index (χ2v) is 12.6. The minimum absolute atomic E-state index is 0.930. The van der Waals surface area contributed by atoms with Crippen molar-refractivity contribution < 1.29 is 0 Å². The van der Waals surface area contributed by atoms with Crippen LogP contribution in [-0.4, -0.2) is 9.13 Å². The molecule has 0 bridgehead atoms. The van der Waals surface area contributed by atoms with Crippen molar-refractivity contribution in [2.75, 3.05) is 0 Å². The van der Waals surface area contributed by atoms with Gasteiger partial charge in [0.1, 0.15) is 0 Å². The fraction of sp³-hybridized carbons (Fsp3) is 0.0909. The van der Waals surface area contributed by atoms with Crippen LogP contribution in [0.25, 0.3) is 77.2 Å². The van der Waals surface area contributed by atoms with Crippen LogP contribution in [0.4, 0.5) is 0 Å². The Morgan fingerprint density at radius 3 is 1.63 bits per heavy atom. The molecule has 0 atom stereocenters. The van der Waals surface area contributed by atoms with E-state index in [1.165, 1.54) is 93.9 Å². The van der Waals surface area contributed by atoms with Crippen molar-refractivity contribution >= 4 is 49.3 Å². The lowest BCUT2D eigenvalue weighted by Gasteiger charge is -2.18. The van der Waals surface area contributed by atoms with E-state index in [0.717, 1.165) is 6.42 Å². The minimum Gasteiger partial charge on any atom is -0.311 e. The van der Waals surface area contributed by atoms with E-state index in [2.05, 4.69) is 169 Å². The van der Waals surface area contributed by atoms with Gasteiger partial charge in [0.15, 0.2) is 0 Å². The topological polar surface area (TPSA) is 9.86 Å². The van der Waals surface area contributed by atoms with Gasteiger partial charge in [-0.2, -0.15) is 0 Å². The van der Waals surface area contributed by atoms with Crippen LogP contribution in [0.15, 0.2) is 140 Å². The molecule has 0 amide bonds. The Morgan fingerprint density at radius 2 is 1.02 bits per heavy atom. The standard InChI is InChI=1S/C44H34N2/c1-28-29(2)39(31-13-5-4-6-14-31)27-40(30(28)3)32-21-23-34(24-22-32)46-42-20-12-10-18-36(42)38-26-25-37-35-17-9-11-19-41(35)45(43(37)44(38)46)33-15-7-8-16-33/h4-15,17-27H,16H2,1-3H3. The van der Waals surface area contributed by atoms with Gasteiger partial charge >= 0.3 is 0 Å². The highest BCUT2D eigenvalue weighted by Crippen LogP contribution is 2.43. The molecule has 2 heteroatoms. The van der Waals surface area contributed by atoms with Crippen LogP contribution < -0.4 is 0 Å². The molecule has 8 aromatic rings. The smallest absolute Gasteiger partial charge is 0.0788 e. The van der Waals surface area contributed by atoms with Crippen molar-refractivity contribution in [1.82, 2.24) is 9.13 Å².